The Hall–Kier alpha value is -2.31. The lowest BCUT2D eigenvalue weighted by atomic mass is 10.1. The van der Waals surface area contributed by atoms with Gasteiger partial charge in [0, 0.05) is 25.3 Å². The van der Waals surface area contributed by atoms with Crippen LogP contribution < -0.4 is 10.2 Å². The van der Waals surface area contributed by atoms with Gasteiger partial charge in [-0.15, -0.1) is 0 Å². The molecular formula is C16H23N3O4. The average molecular weight is 321 g/mol. The number of alkyl carbamates (subject to hydrolysis) is 1. The van der Waals surface area contributed by atoms with Crippen molar-refractivity contribution in [3.63, 3.8) is 0 Å². The number of anilines is 1. The third kappa shape index (κ3) is 4.84. The highest BCUT2D eigenvalue weighted by molar-refractivity contribution is 5.93. The molecule has 7 heteroatoms. The molecule has 23 heavy (non-hydrogen) atoms. The number of nitrogens with one attached hydrogen (secondary N) is 1. The first kappa shape index (κ1) is 17.1. The van der Waals surface area contributed by atoms with E-state index in [-0.39, 0.29) is 11.6 Å². The van der Waals surface area contributed by atoms with Gasteiger partial charge in [0.1, 0.15) is 17.0 Å². The molecule has 1 aliphatic rings. The molecule has 2 heterocycles. The van der Waals surface area contributed by atoms with Gasteiger partial charge in [-0.2, -0.15) is 0 Å². The fourth-order valence-corrected chi connectivity index (χ4v) is 2.58. The molecule has 0 spiro atoms. The smallest absolute Gasteiger partial charge is 0.407 e. The first-order valence-electron chi connectivity index (χ1n) is 7.69. The molecule has 0 aliphatic carbocycles. The van der Waals surface area contributed by atoms with E-state index in [9.17, 15) is 14.7 Å². The summed E-state index contributed by atoms with van der Waals surface area (Å²) in [6.45, 7) is 6.66. The van der Waals surface area contributed by atoms with Crippen LogP contribution >= 0.6 is 0 Å². The summed E-state index contributed by atoms with van der Waals surface area (Å²) in [6, 6.07) is 3.05. The van der Waals surface area contributed by atoms with Crippen LogP contribution in [-0.2, 0) is 4.74 Å². The molecule has 2 rings (SSSR count). The highest BCUT2D eigenvalue weighted by Gasteiger charge is 2.26. The van der Waals surface area contributed by atoms with Gasteiger partial charge < -0.3 is 20.1 Å². The van der Waals surface area contributed by atoms with E-state index in [2.05, 4.69) is 10.3 Å². The monoisotopic (exact) mass is 321 g/mol. The molecule has 1 aromatic rings. The zero-order valence-corrected chi connectivity index (χ0v) is 13.7. The zero-order valence-electron chi connectivity index (χ0n) is 13.7. The molecule has 2 N–H and O–H groups in total. The lowest BCUT2D eigenvalue weighted by Gasteiger charge is -2.34. The third-order valence-corrected chi connectivity index (χ3v) is 3.46. The van der Waals surface area contributed by atoms with Crippen molar-refractivity contribution in [2.24, 2.45) is 0 Å². The molecule has 0 unspecified atom stereocenters. The number of amides is 1. The number of nitrogens with zero attached hydrogens (tertiary/aromatic N) is 2. The van der Waals surface area contributed by atoms with Crippen molar-refractivity contribution in [3.8, 4) is 0 Å². The predicted molar refractivity (Wildman–Crippen MR) is 85.8 cm³/mol. The van der Waals surface area contributed by atoms with Crippen LogP contribution in [0.15, 0.2) is 18.3 Å². The molecular weight excluding hydrogens is 298 g/mol. The van der Waals surface area contributed by atoms with E-state index in [4.69, 9.17) is 4.74 Å². The second-order valence-corrected chi connectivity index (χ2v) is 6.61. The number of piperidine rings is 1. The maximum absolute atomic E-state index is 11.9. The normalized spacial score (nSPS) is 18.4. The van der Waals surface area contributed by atoms with Crippen LogP contribution in [0.5, 0.6) is 0 Å². The molecule has 1 fully saturated rings. The molecule has 7 nitrogen and oxygen atoms in total. The Balaban J connectivity index is 2.04. The second kappa shape index (κ2) is 6.85. The van der Waals surface area contributed by atoms with Gasteiger partial charge in [-0.1, -0.05) is 0 Å². The van der Waals surface area contributed by atoms with Crippen molar-refractivity contribution in [1.82, 2.24) is 10.3 Å². The first-order valence-corrected chi connectivity index (χ1v) is 7.69. The van der Waals surface area contributed by atoms with Gasteiger partial charge in [-0.25, -0.2) is 14.6 Å². The number of carboxylic acid groups (broad SMARTS) is 1. The van der Waals surface area contributed by atoms with E-state index in [1.807, 2.05) is 25.7 Å². The van der Waals surface area contributed by atoms with Crippen LogP contribution in [0.25, 0.3) is 0 Å². The lowest BCUT2D eigenvalue weighted by Crippen LogP contribution is -2.49. The van der Waals surface area contributed by atoms with Gasteiger partial charge in [-0.05, 0) is 45.7 Å². The maximum atomic E-state index is 11.9. The summed E-state index contributed by atoms with van der Waals surface area (Å²) in [5.41, 5.74) is -0.374. The molecule has 1 aromatic heterocycles. The van der Waals surface area contributed by atoms with Crippen molar-refractivity contribution in [1.29, 1.82) is 0 Å². The van der Waals surface area contributed by atoms with Gasteiger partial charge >= 0.3 is 12.1 Å². The average Bonchev–Trinajstić information content (AvgIpc) is 2.45. The highest BCUT2D eigenvalue weighted by Crippen LogP contribution is 2.22. The standard InChI is InChI=1S/C16H23N3O4/c1-16(2,3)23-15(22)18-11-6-5-9-19(10-11)13-12(14(20)21)7-4-8-17-13/h4,7-8,11H,5-6,9-10H2,1-3H3,(H,18,22)(H,20,21)/t11-/m1/s1. The van der Waals surface area contributed by atoms with Crippen molar-refractivity contribution in [2.75, 3.05) is 18.0 Å². The summed E-state index contributed by atoms with van der Waals surface area (Å²) < 4.78 is 5.27. The summed E-state index contributed by atoms with van der Waals surface area (Å²) in [5, 5.41) is 12.1. The third-order valence-electron chi connectivity index (χ3n) is 3.46. The first-order chi connectivity index (χ1) is 10.8. The number of aromatic nitrogens is 1. The molecule has 0 radical (unpaired) electrons. The van der Waals surface area contributed by atoms with Gasteiger partial charge in [0.2, 0.25) is 0 Å². The van der Waals surface area contributed by atoms with Gasteiger partial charge in [0.05, 0.1) is 0 Å². The molecule has 1 amide bonds. The molecule has 1 aliphatic heterocycles. The van der Waals surface area contributed by atoms with Crippen LogP contribution in [-0.4, -0.2) is 46.9 Å². The number of carboxylic acids is 1. The Morgan fingerprint density at radius 3 is 2.83 bits per heavy atom. The Morgan fingerprint density at radius 2 is 2.17 bits per heavy atom. The van der Waals surface area contributed by atoms with Crippen molar-refractivity contribution >= 4 is 17.9 Å². The minimum atomic E-state index is -1.00. The van der Waals surface area contributed by atoms with Crippen LogP contribution in [0.3, 0.4) is 0 Å². The number of hydrogen-bond acceptors (Lipinski definition) is 5. The number of carbonyl (C=O) groups is 2. The van der Waals surface area contributed by atoms with E-state index in [1.165, 1.54) is 6.07 Å². The molecule has 0 saturated carbocycles. The fraction of sp³-hybridized carbons (Fsp3) is 0.562. The van der Waals surface area contributed by atoms with Crippen molar-refractivity contribution < 1.29 is 19.4 Å². The maximum Gasteiger partial charge on any atom is 0.407 e. The predicted octanol–water partition coefficient (Wildman–Crippen LogP) is 2.27. The van der Waals surface area contributed by atoms with Crippen LogP contribution in [0.4, 0.5) is 10.6 Å². The van der Waals surface area contributed by atoms with Crippen LogP contribution in [0.1, 0.15) is 44.0 Å². The van der Waals surface area contributed by atoms with E-state index < -0.39 is 17.7 Å². The van der Waals surface area contributed by atoms with Gasteiger partial charge in [-0.3, -0.25) is 0 Å². The Bertz CT molecular complexity index is 583. The van der Waals surface area contributed by atoms with Gasteiger partial charge in [0.15, 0.2) is 0 Å². The van der Waals surface area contributed by atoms with Crippen molar-refractivity contribution in [3.05, 3.63) is 23.9 Å². The second-order valence-electron chi connectivity index (χ2n) is 6.61. The molecule has 126 valence electrons. The zero-order chi connectivity index (χ0) is 17.0. The van der Waals surface area contributed by atoms with E-state index in [1.54, 1.807) is 12.3 Å². The number of rotatable bonds is 3. The number of hydrogen-bond donors (Lipinski definition) is 2. The minimum Gasteiger partial charge on any atom is -0.478 e. The van der Waals surface area contributed by atoms with Crippen molar-refractivity contribution in [2.45, 2.75) is 45.3 Å². The largest absolute Gasteiger partial charge is 0.478 e. The highest BCUT2D eigenvalue weighted by atomic mass is 16.6. The molecule has 1 atom stereocenters. The van der Waals surface area contributed by atoms with E-state index in [0.29, 0.717) is 18.9 Å². The summed E-state index contributed by atoms with van der Waals surface area (Å²) in [7, 11) is 0. The minimum absolute atomic E-state index is 0.0951. The van der Waals surface area contributed by atoms with Gasteiger partial charge in [0.25, 0.3) is 0 Å². The number of carbonyl (C=O) groups excluding carboxylic acids is 1. The van der Waals surface area contributed by atoms with Crippen LogP contribution in [0, 0.1) is 0 Å². The summed E-state index contributed by atoms with van der Waals surface area (Å²) in [4.78, 5) is 29.3. The summed E-state index contributed by atoms with van der Waals surface area (Å²) in [6.07, 6.45) is 2.79. The quantitative estimate of drug-likeness (QED) is 0.887. The molecule has 0 bridgehead atoms. The lowest BCUT2D eigenvalue weighted by molar-refractivity contribution is 0.0499. The Labute approximate surface area is 135 Å². The number of pyridine rings is 1. The fourth-order valence-electron chi connectivity index (χ4n) is 2.58. The Kier molecular flexibility index (Phi) is 5.08. The summed E-state index contributed by atoms with van der Waals surface area (Å²) in [5.74, 6) is -0.564. The SMILES string of the molecule is CC(C)(C)OC(=O)N[C@@H]1CCCN(c2ncccc2C(=O)O)C1. The molecule has 1 saturated heterocycles. The number of aromatic carboxylic acids is 1. The van der Waals surface area contributed by atoms with E-state index >= 15 is 0 Å². The number of ether oxygens (including phenoxy) is 1. The van der Waals surface area contributed by atoms with Crippen LogP contribution in [0.2, 0.25) is 0 Å². The topological polar surface area (TPSA) is 91.8 Å². The Morgan fingerprint density at radius 1 is 1.43 bits per heavy atom. The van der Waals surface area contributed by atoms with E-state index in [0.717, 1.165) is 12.8 Å². The summed E-state index contributed by atoms with van der Waals surface area (Å²) >= 11 is 0. The molecule has 0 aromatic carbocycles.